The summed E-state index contributed by atoms with van der Waals surface area (Å²) in [6, 6.07) is 5.85. The molecule has 0 spiro atoms. The fourth-order valence-corrected chi connectivity index (χ4v) is 1.45. The van der Waals surface area contributed by atoms with Gasteiger partial charge in [-0.2, -0.15) is 0 Å². The molecule has 0 atom stereocenters. The Bertz CT molecular complexity index is 299. The summed E-state index contributed by atoms with van der Waals surface area (Å²) < 4.78 is 2.01. The monoisotopic (exact) mass is 291 g/mol. The van der Waals surface area contributed by atoms with Crippen molar-refractivity contribution in [1.29, 1.82) is 0 Å². The summed E-state index contributed by atoms with van der Waals surface area (Å²) in [5.41, 5.74) is 0.978. The first-order chi connectivity index (χ1) is 5.74. The van der Waals surface area contributed by atoms with Crippen LogP contribution in [-0.4, -0.2) is 13.3 Å². The van der Waals surface area contributed by atoms with Crippen molar-refractivity contribution in [3.63, 3.8) is 0 Å². The number of rotatable bonds is 2. The first kappa shape index (κ1) is 9.74. The minimum atomic E-state index is 0.978. The molecule has 0 aromatic heterocycles. The van der Waals surface area contributed by atoms with Crippen molar-refractivity contribution in [2.45, 2.75) is 0 Å². The molecule has 1 rings (SSSR count). The predicted molar refractivity (Wildman–Crippen MR) is 56.4 cm³/mol. The van der Waals surface area contributed by atoms with Crippen LogP contribution < -0.4 is 0 Å². The van der Waals surface area contributed by atoms with Crippen molar-refractivity contribution in [1.82, 2.24) is 0 Å². The Hall–Kier alpha value is -0.350. The molecule has 2 nitrogen and oxygen atoms in total. The average molecular weight is 293 g/mol. The van der Waals surface area contributed by atoms with Crippen LogP contribution in [0.15, 0.2) is 32.3 Å². The maximum atomic E-state index is 4.57. The van der Waals surface area contributed by atoms with Crippen LogP contribution >= 0.6 is 31.9 Å². The summed E-state index contributed by atoms with van der Waals surface area (Å²) in [6.07, 6.45) is 1.65. The van der Waals surface area contributed by atoms with E-state index in [4.69, 9.17) is 0 Å². The molecule has 0 radical (unpaired) electrons. The number of benzene rings is 1. The SMILES string of the molecule is CO/N=C/c1cc(Br)ccc1Br. The molecule has 0 saturated carbocycles. The number of oxime groups is 1. The van der Waals surface area contributed by atoms with E-state index in [-0.39, 0.29) is 0 Å². The molecule has 0 amide bonds. The van der Waals surface area contributed by atoms with Crippen LogP contribution in [0.25, 0.3) is 0 Å². The highest BCUT2D eigenvalue weighted by Gasteiger charge is 1.96. The number of halogens is 2. The first-order valence-electron chi connectivity index (χ1n) is 3.25. The molecule has 0 N–H and O–H groups in total. The summed E-state index contributed by atoms with van der Waals surface area (Å²) in [4.78, 5) is 4.57. The molecule has 0 fully saturated rings. The minimum Gasteiger partial charge on any atom is -0.399 e. The lowest BCUT2D eigenvalue weighted by Gasteiger charge is -1.97. The van der Waals surface area contributed by atoms with E-state index in [0.717, 1.165) is 14.5 Å². The van der Waals surface area contributed by atoms with Gasteiger partial charge in [0.05, 0.1) is 6.21 Å². The fraction of sp³-hybridized carbons (Fsp3) is 0.125. The van der Waals surface area contributed by atoms with E-state index >= 15 is 0 Å². The largest absolute Gasteiger partial charge is 0.399 e. The molecule has 0 aliphatic heterocycles. The van der Waals surface area contributed by atoms with E-state index in [2.05, 4.69) is 41.9 Å². The highest BCUT2D eigenvalue weighted by molar-refractivity contribution is 9.11. The van der Waals surface area contributed by atoms with Gasteiger partial charge < -0.3 is 4.84 Å². The fourth-order valence-electron chi connectivity index (χ4n) is 0.723. The Morgan fingerprint density at radius 1 is 1.42 bits per heavy atom. The van der Waals surface area contributed by atoms with Crippen LogP contribution in [0.4, 0.5) is 0 Å². The van der Waals surface area contributed by atoms with Crippen LogP contribution in [0.2, 0.25) is 0 Å². The Kier molecular flexibility index (Phi) is 3.75. The van der Waals surface area contributed by atoms with Gasteiger partial charge in [-0.05, 0) is 18.2 Å². The van der Waals surface area contributed by atoms with E-state index in [9.17, 15) is 0 Å². The van der Waals surface area contributed by atoms with Crippen molar-refractivity contribution in [2.75, 3.05) is 7.11 Å². The van der Waals surface area contributed by atoms with Crippen LogP contribution in [0.3, 0.4) is 0 Å². The van der Waals surface area contributed by atoms with Gasteiger partial charge in [0, 0.05) is 14.5 Å². The first-order valence-corrected chi connectivity index (χ1v) is 4.84. The van der Waals surface area contributed by atoms with Gasteiger partial charge in [0.25, 0.3) is 0 Å². The molecule has 64 valence electrons. The molecule has 0 unspecified atom stereocenters. The van der Waals surface area contributed by atoms with E-state index in [1.165, 1.54) is 7.11 Å². The Balaban J connectivity index is 2.97. The highest BCUT2D eigenvalue weighted by Crippen LogP contribution is 2.19. The minimum absolute atomic E-state index is 0.978. The Morgan fingerprint density at radius 2 is 2.17 bits per heavy atom. The smallest absolute Gasteiger partial charge is 0.106 e. The molecule has 0 saturated heterocycles. The van der Waals surface area contributed by atoms with E-state index in [1.54, 1.807) is 6.21 Å². The third kappa shape index (κ3) is 2.60. The number of nitrogens with zero attached hydrogens (tertiary/aromatic N) is 1. The van der Waals surface area contributed by atoms with Gasteiger partial charge in [0.15, 0.2) is 0 Å². The molecule has 0 aliphatic carbocycles. The molecule has 1 aromatic rings. The van der Waals surface area contributed by atoms with Gasteiger partial charge in [-0.1, -0.05) is 37.0 Å². The summed E-state index contributed by atoms with van der Waals surface area (Å²) in [7, 11) is 1.52. The normalized spacial score (nSPS) is 10.6. The Labute approximate surface area is 87.9 Å². The molecule has 12 heavy (non-hydrogen) atoms. The number of hydrogen-bond donors (Lipinski definition) is 0. The third-order valence-corrected chi connectivity index (χ3v) is 2.47. The number of hydrogen-bond acceptors (Lipinski definition) is 2. The maximum Gasteiger partial charge on any atom is 0.106 e. The van der Waals surface area contributed by atoms with E-state index in [1.807, 2.05) is 18.2 Å². The summed E-state index contributed by atoms with van der Waals surface area (Å²) in [6.45, 7) is 0. The second-order valence-corrected chi connectivity index (χ2v) is 3.85. The van der Waals surface area contributed by atoms with Crippen molar-refractivity contribution >= 4 is 38.1 Å². The lowest BCUT2D eigenvalue weighted by atomic mass is 10.2. The van der Waals surface area contributed by atoms with E-state index in [0.29, 0.717) is 0 Å². The van der Waals surface area contributed by atoms with Gasteiger partial charge in [-0.25, -0.2) is 0 Å². The predicted octanol–water partition coefficient (Wildman–Crippen LogP) is 3.19. The summed E-state index contributed by atoms with van der Waals surface area (Å²) >= 11 is 6.76. The second kappa shape index (κ2) is 4.62. The molecular formula is C8H7Br2NO. The Morgan fingerprint density at radius 3 is 2.83 bits per heavy atom. The molecule has 0 heterocycles. The van der Waals surface area contributed by atoms with Crippen LogP contribution in [0.5, 0.6) is 0 Å². The molecular weight excluding hydrogens is 286 g/mol. The zero-order valence-corrected chi connectivity index (χ0v) is 9.59. The van der Waals surface area contributed by atoms with Gasteiger partial charge in [0.2, 0.25) is 0 Å². The van der Waals surface area contributed by atoms with Crippen molar-refractivity contribution < 1.29 is 4.84 Å². The highest BCUT2D eigenvalue weighted by atomic mass is 79.9. The van der Waals surface area contributed by atoms with Gasteiger partial charge in [-0.15, -0.1) is 0 Å². The summed E-state index contributed by atoms with van der Waals surface area (Å²) in [5, 5.41) is 3.67. The van der Waals surface area contributed by atoms with E-state index < -0.39 is 0 Å². The van der Waals surface area contributed by atoms with Gasteiger partial charge >= 0.3 is 0 Å². The third-order valence-electron chi connectivity index (χ3n) is 1.26. The van der Waals surface area contributed by atoms with Crippen molar-refractivity contribution in [2.24, 2.45) is 5.16 Å². The summed E-state index contributed by atoms with van der Waals surface area (Å²) in [5.74, 6) is 0. The lowest BCUT2D eigenvalue weighted by molar-refractivity contribution is 0.215. The zero-order valence-electron chi connectivity index (χ0n) is 6.42. The topological polar surface area (TPSA) is 21.6 Å². The van der Waals surface area contributed by atoms with Crippen LogP contribution in [0.1, 0.15) is 5.56 Å². The lowest BCUT2D eigenvalue weighted by Crippen LogP contribution is -1.83. The van der Waals surface area contributed by atoms with Gasteiger partial charge in [0.1, 0.15) is 7.11 Å². The second-order valence-electron chi connectivity index (χ2n) is 2.08. The quantitative estimate of drug-likeness (QED) is 0.606. The molecule has 4 heteroatoms. The molecule has 0 bridgehead atoms. The van der Waals surface area contributed by atoms with Crippen molar-refractivity contribution in [3.05, 3.63) is 32.7 Å². The molecule has 0 aliphatic rings. The van der Waals surface area contributed by atoms with Crippen LogP contribution in [0, 0.1) is 0 Å². The molecule has 1 aromatic carbocycles. The average Bonchev–Trinajstić information content (AvgIpc) is 2.07. The van der Waals surface area contributed by atoms with Gasteiger partial charge in [-0.3, -0.25) is 0 Å². The standard InChI is InChI=1S/C8H7Br2NO/c1-12-11-5-6-4-7(9)2-3-8(6)10/h2-5H,1H3/b11-5+. The zero-order chi connectivity index (χ0) is 8.97. The maximum absolute atomic E-state index is 4.57. The van der Waals surface area contributed by atoms with Crippen LogP contribution in [-0.2, 0) is 4.84 Å². The van der Waals surface area contributed by atoms with Crippen molar-refractivity contribution in [3.8, 4) is 0 Å².